The molecule has 6 atom stereocenters. The van der Waals surface area contributed by atoms with Gasteiger partial charge in [-0.25, -0.2) is 0 Å². The minimum Gasteiger partial charge on any atom is -0.309 e. The van der Waals surface area contributed by atoms with Gasteiger partial charge in [0.15, 0.2) is 0 Å². The first kappa shape index (κ1) is 9.54. The molecule has 0 aliphatic rings. The Morgan fingerprint density at radius 1 is 1.14 bits per heavy atom. The molecule has 44 valence electrons. The summed E-state index contributed by atoms with van der Waals surface area (Å²) < 4.78 is 0. The first-order valence-corrected chi connectivity index (χ1v) is 12.5. The lowest BCUT2D eigenvalue weighted by molar-refractivity contribution is 2.05. The van der Waals surface area contributed by atoms with E-state index in [2.05, 4.69) is 8.93 Å². The Morgan fingerprint density at radius 2 is 1.86 bits per heavy atom. The quantitative estimate of drug-likeness (QED) is 0.558. The molecule has 0 aromatic rings. The molecule has 0 aromatic carbocycles. The second-order valence-electron chi connectivity index (χ2n) is 0.664. The third kappa shape index (κ3) is 8.54. The topological polar surface area (TPSA) is 26.0 Å². The van der Waals surface area contributed by atoms with Gasteiger partial charge in [-0.2, -0.15) is 0 Å². The number of hydrogen-bond donors (Lipinski definition) is 1. The van der Waals surface area contributed by atoms with Crippen molar-refractivity contribution in [3.8, 4) is 0 Å². The summed E-state index contributed by atoms with van der Waals surface area (Å²) in [5.41, 5.74) is 5.32. The minimum atomic E-state index is 0.710. The van der Waals surface area contributed by atoms with Crippen LogP contribution in [0.15, 0.2) is 0 Å². The van der Waals surface area contributed by atoms with Crippen LogP contribution in [0.1, 0.15) is 0 Å². The van der Waals surface area contributed by atoms with Crippen molar-refractivity contribution >= 4 is 49.2 Å². The van der Waals surface area contributed by atoms with Crippen LogP contribution in [0.2, 0.25) is 0 Å². The van der Waals surface area contributed by atoms with Crippen LogP contribution in [0.3, 0.4) is 0 Å². The molecule has 7 heteroatoms. The lowest BCUT2D eigenvalue weighted by Gasteiger charge is -1.92. The van der Waals surface area contributed by atoms with Crippen molar-refractivity contribution < 1.29 is 0 Å². The lowest BCUT2D eigenvalue weighted by Crippen LogP contribution is -1.55. The van der Waals surface area contributed by atoms with E-state index in [1.54, 1.807) is 0 Å². The summed E-state index contributed by atoms with van der Waals surface area (Å²) in [6.07, 6.45) is 0. The summed E-state index contributed by atoms with van der Waals surface area (Å²) in [4.78, 5) is 0. The molecule has 0 aliphatic heterocycles. The highest BCUT2D eigenvalue weighted by molar-refractivity contribution is 8.73. The standard InChI is InChI=1S/H9NP6/c1-3-5-7-6-4-2/h3-7H,1-2H2. The van der Waals surface area contributed by atoms with Gasteiger partial charge in [-0.05, 0) is 8.42 Å². The van der Waals surface area contributed by atoms with Gasteiger partial charge in [-0.3, -0.25) is 0 Å². The van der Waals surface area contributed by atoms with Crippen molar-refractivity contribution in [2.75, 3.05) is 0 Å². The van der Waals surface area contributed by atoms with E-state index in [4.69, 9.17) is 5.50 Å². The summed E-state index contributed by atoms with van der Waals surface area (Å²) >= 11 is 0. The average molecular weight is 209 g/mol. The molecule has 0 rings (SSSR count). The SMILES string of the molecule is NPPPPPP. The number of nitrogens with two attached hydrogens (primary N) is 1. The van der Waals surface area contributed by atoms with Crippen LogP contribution in [0, 0.1) is 0 Å². The van der Waals surface area contributed by atoms with Crippen LogP contribution in [-0.2, 0) is 0 Å². The maximum atomic E-state index is 5.32. The Labute approximate surface area is 55.1 Å². The highest BCUT2D eigenvalue weighted by Crippen LogP contribution is 2.68. The Bertz CT molecular complexity index is 23.4. The van der Waals surface area contributed by atoms with E-state index in [1.165, 1.54) is 15.9 Å². The molecule has 0 fully saturated rings. The predicted molar refractivity (Wildman–Crippen MR) is 55.5 cm³/mol. The Balaban J connectivity index is 2.45. The van der Waals surface area contributed by atoms with Gasteiger partial charge in [0.05, 0.1) is 0 Å². The summed E-state index contributed by atoms with van der Waals surface area (Å²) in [5, 5.41) is 0. The summed E-state index contributed by atoms with van der Waals surface area (Å²) in [6.45, 7) is 0. The van der Waals surface area contributed by atoms with E-state index in [0.29, 0.717) is 8.42 Å². The Kier molecular flexibility index (Phi) is 11.6. The molecular formula is H9NP6. The maximum Gasteiger partial charge on any atom is -0.0297 e. The van der Waals surface area contributed by atoms with Crippen molar-refractivity contribution in [1.82, 2.24) is 0 Å². The highest BCUT2D eigenvalue weighted by atomic mass is 32.8. The van der Waals surface area contributed by atoms with Crippen molar-refractivity contribution in [3.63, 3.8) is 0 Å². The molecule has 1 nitrogen and oxygen atoms in total. The maximum absolute atomic E-state index is 5.32. The van der Waals surface area contributed by atoms with Gasteiger partial charge >= 0.3 is 0 Å². The molecule has 0 aromatic heterocycles. The molecule has 0 spiro atoms. The van der Waals surface area contributed by atoms with Crippen LogP contribution < -0.4 is 5.50 Å². The second-order valence-corrected chi connectivity index (χ2v) is 15.3. The largest absolute Gasteiger partial charge is 0.309 e. The van der Waals surface area contributed by atoms with Crippen molar-refractivity contribution in [2.45, 2.75) is 0 Å². The van der Waals surface area contributed by atoms with Gasteiger partial charge < -0.3 is 5.50 Å². The molecule has 2 N–H and O–H groups in total. The number of rotatable bonds is 4. The Hall–Kier alpha value is 2.54. The average Bonchev–Trinajstić information content (AvgIpc) is 1.69. The zero-order chi connectivity index (χ0) is 5.54. The lowest BCUT2D eigenvalue weighted by atomic mass is 13.9. The zero-order valence-electron chi connectivity index (χ0n) is 3.65. The van der Waals surface area contributed by atoms with Crippen LogP contribution in [0.25, 0.3) is 0 Å². The molecule has 0 heterocycles. The smallest absolute Gasteiger partial charge is 0.0297 e. The first-order chi connectivity index (χ1) is 3.41. The van der Waals surface area contributed by atoms with E-state index in [-0.39, 0.29) is 0 Å². The van der Waals surface area contributed by atoms with Gasteiger partial charge in [-0.1, -0.05) is 31.8 Å². The van der Waals surface area contributed by atoms with E-state index in [1.807, 2.05) is 0 Å². The fraction of sp³-hybridized carbons (Fsp3) is 0. The minimum absolute atomic E-state index is 0.710. The summed E-state index contributed by atoms with van der Waals surface area (Å²) in [6, 6.07) is 0. The van der Waals surface area contributed by atoms with Crippen LogP contribution in [0.4, 0.5) is 0 Å². The van der Waals surface area contributed by atoms with E-state index < -0.39 is 0 Å². The fourth-order valence-electron chi connectivity index (χ4n) is 0.103. The van der Waals surface area contributed by atoms with Gasteiger partial charge in [0, 0.05) is 0 Å². The molecule has 0 saturated heterocycles. The first-order valence-electron chi connectivity index (χ1n) is 1.58. The third-order valence-electron chi connectivity index (χ3n) is 0.269. The molecule has 0 bridgehead atoms. The highest BCUT2D eigenvalue weighted by Gasteiger charge is 1.78. The molecular weight excluding hydrogens is 200 g/mol. The molecule has 0 saturated carbocycles. The van der Waals surface area contributed by atoms with E-state index in [9.17, 15) is 0 Å². The van der Waals surface area contributed by atoms with Gasteiger partial charge in [0.2, 0.25) is 0 Å². The predicted octanol–water partition coefficient (Wildman–Crippen LogP) is 2.70. The van der Waals surface area contributed by atoms with Crippen LogP contribution in [-0.4, -0.2) is 0 Å². The normalized spacial score (nSPS) is 18.0. The fourth-order valence-corrected chi connectivity index (χ4v) is 19.3. The van der Waals surface area contributed by atoms with Crippen molar-refractivity contribution in [3.05, 3.63) is 0 Å². The summed E-state index contributed by atoms with van der Waals surface area (Å²) in [7, 11) is 7.96. The monoisotopic (exact) mass is 209 g/mol. The van der Waals surface area contributed by atoms with Crippen LogP contribution in [0.5, 0.6) is 0 Å². The van der Waals surface area contributed by atoms with E-state index >= 15 is 0 Å². The third-order valence-corrected chi connectivity index (χ3v) is 17.9. The molecule has 0 radical (unpaired) electrons. The second kappa shape index (κ2) is 8.54. The van der Waals surface area contributed by atoms with Crippen molar-refractivity contribution in [1.29, 1.82) is 0 Å². The molecule has 7 heavy (non-hydrogen) atoms. The molecule has 0 amide bonds. The number of hydrogen-bond acceptors (Lipinski definition) is 1. The van der Waals surface area contributed by atoms with Crippen molar-refractivity contribution in [2.24, 2.45) is 5.50 Å². The van der Waals surface area contributed by atoms with Gasteiger partial charge in [0.25, 0.3) is 0 Å². The zero-order valence-corrected chi connectivity index (χ0v) is 9.81. The van der Waals surface area contributed by atoms with Crippen LogP contribution >= 0.6 is 49.2 Å². The molecule has 6 unspecified atom stereocenters. The van der Waals surface area contributed by atoms with Gasteiger partial charge in [0.1, 0.15) is 0 Å². The Morgan fingerprint density at radius 3 is 2.29 bits per heavy atom. The van der Waals surface area contributed by atoms with E-state index in [0.717, 1.165) is 15.9 Å². The van der Waals surface area contributed by atoms with Gasteiger partial charge in [-0.15, -0.1) is 8.93 Å². The summed E-state index contributed by atoms with van der Waals surface area (Å²) in [5.74, 6) is 0. The molecule has 0 aliphatic carbocycles.